The maximum absolute atomic E-state index is 10.9. The van der Waals surface area contributed by atoms with Gasteiger partial charge in [0.1, 0.15) is 0 Å². The number of fused-ring (bicyclic) bond motifs is 3. The van der Waals surface area contributed by atoms with Gasteiger partial charge in [-0.1, -0.05) is 0 Å². The first-order chi connectivity index (χ1) is 10.1. The highest BCUT2D eigenvalue weighted by Crippen LogP contribution is 2.38. The molecule has 2 aliphatic rings. The molecule has 0 radical (unpaired) electrons. The Bertz CT molecular complexity index is 698. The van der Waals surface area contributed by atoms with Crippen LogP contribution in [0.15, 0.2) is 18.2 Å². The van der Waals surface area contributed by atoms with Gasteiger partial charge in [0.25, 0.3) is 5.69 Å². The topological polar surface area (TPSA) is 101 Å². The lowest BCUT2D eigenvalue weighted by Crippen LogP contribution is -2.48. The molecule has 2 aromatic rings. The Kier molecular flexibility index (Phi) is 2.65. The highest BCUT2D eigenvalue weighted by atomic mass is 16.6. The minimum atomic E-state index is -0.385. The smallest absolute Gasteiger partial charge is 0.271 e. The van der Waals surface area contributed by atoms with Crippen molar-refractivity contribution in [2.24, 2.45) is 5.73 Å². The molecule has 2 bridgehead atoms. The molecule has 2 atom stereocenters. The predicted molar refractivity (Wildman–Crippen MR) is 79.2 cm³/mol. The van der Waals surface area contributed by atoms with E-state index >= 15 is 0 Å². The van der Waals surface area contributed by atoms with E-state index in [9.17, 15) is 10.1 Å². The van der Waals surface area contributed by atoms with Gasteiger partial charge in [-0.15, -0.1) is 0 Å². The Morgan fingerprint density at radius 2 is 2.05 bits per heavy atom. The summed E-state index contributed by atoms with van der Waals surface area (Å²) in [5.74, 6) is 0.824. The van der Waals surface area contributed by atoms with Gasteiger partial charge in [0.15, 0.2) is 0 Å². The van der Waals surface area contributed by atoms with Crippen LogP contribution in [-0.4, -0.2) is 33.0 Å². The molecule has 1 aromatic heterocycles. The molecule has 7 nitrogen and oxygen atoms in total. The summed E-state index contributed by atoms with van der Waals surface area (Å²) >= 11 is 0. The molecule has 0 aliphatic carbocycles. The van der Waals surface area contributed by atoms with Crippen LogP contribution in [0.25, 0.3) is 11.0 Å². The van der Waals surface area contributed by atoms with Crippen molar-refractivity contribution in [3.05, 3.63) is 28.3 Å². The van der Waals surface area contributed by atoms with Gasteiger partial charge in [-0.3, -0.25) is 10.1 Å². The van der Waals surface area contributed by atoms with E-state index in [1.807, 2.05) is 0 Å². The van der Waals surface area contributed by atoms with Gasteiger partial charge in [0.05, 0.1) is 16.0 Å². The van der Waals surface area contributed by atoms with Crippen molar-refractivity contribution < 1.29 is 4.92 Å². The first kappa shape index (κ1) is 12.6. The van der Waals surface area contributed by atoms with E-state index in [4.69, 9.17) is 5.73 Å². The maximum Gasteiger partial charge on any atom is 0.271 e. The van der Waals surface area contributed by atoms with Crippen molar-refractivity contribution in [1.29, 1.82) is 0 Å². The first-order valence-corrected chi connectivity index (χ1v) is 7.30. The molecule has 4 rings (SSSR count). The fourth-order valence-electron chi connectivity index (χ4n) is 3.78. The number of rotatable bonds is 2. The van der Waals surface area contributed by atoms with E-state index in [2.05, 4.69) is 14.9 Å². The first-order valence-electron chi connectivity index (χ1n) is 7.30. The van der Waals surface area contributed by atoms with Crippen LogP contribution < -0.4 is 10.6 Å². The van der Waals surface area contributed by atoms with E-state index in [0.29, 0.717) is 17.6 Å². The second kappa shape index (κ2) is 4.42. The number of nitrogens with two attached hydrogens (primary N) is 1. The van der Waals surface area contributed by atoms with Crippen molar-refractivity contribution >= 4 is 22.7 Å². The number of nitro benzene ring substituents is 1. The third kappa shape index (κ3) is 1.96. The zero-order valence-electron chi connectivity index (χ0n) is 11.5. The van der Waals surface area contributed by atoms with E-state index in [0.717, 1.165) is 37.1 Å². The predicted octanol–water partition coefficient (Wildman–Crippen LogP) is 1.93. The molecule has 2 aliphatic heterocycles. The van der Waals surface area contributed by atoms with Gasteiger partial charge in [-0.2, -0.15) is 0 Å². The number of non-ortho nitro benzene ring substituents is 1. The van der Waals surface area contributed by atoms with Gasteiger partial charge >= 0.3 is 0 Å². The second-order valence-corrected chi connectivity index (χ2v) is 6.04. The van der Waals surface area contributed by atoms with Gasteiger partial charge in [0.2, 0.25) is 5.95 Å². The van der Waals surface area contributed by atoms with Crippen LogP contribution in [0.2, 0.25) is 0 Å². The van der Waals surface area contributed by atoms with Crippen LogP contribution in [-0.2, 0) is 0 Å². The zero-order chi connectivity index (χ0) is 14.6. The van der Waals surface area contributed by atoms with Gasteiger partial charge in [0, 0.05) is 30.3 Å². The van der Waals surface area contributed by atoms with Gasteiger partial charge < -0.3 is 15.6 Å². The Hall–Kier alpha value is -2.15. The minimum absolute atomic E-state index is 0.0846. The Balaban J connectivity index is 1.73. The maximum atomic E-state index is 10.9. The lowest BCUT2D eigenvalue weighted by atomic mass is 9.99. The number of aromatic amines is 1. The van der Waals surface area contributed by atoms with Crippen molar-refractivity contribution in [3.63, 3.8) is 0 Å². The van der Waals surface area contributed by atoms with Gasteiger partial charge in [-0.25, -0.2) is 4.98 Å². The fourth-order valence-corrected chi connectivity index (χ4v) is 3.78. The molecule has 110 valence electrons. The van der Waals surface area contributed by atoms with Crippen LogP contribution in [0.5, 0.6) is 0 Å². The number of anilines is 1. The number of aromatic nitrogens is 2. The summed E-state index contributed by atoms with van der Waals surface area (Å²) in [6, 6.07) is 5.90. The number of piperidine rings is 1. The number of nitro groups is 1. The quantitative estimate of drug-likeness (QED) is 0.649. The van der Waals surface area contributed by atoms with Crippen LogP contribution in [0.4, 0.5) is 11.6 Å². The monoisotopic (exact) mass is 287 g/mol. The Morgan fingerprint density at radius 1 is 1.33 bits per heavy atom. The average molecular weight is 287 g/mol. The number of nitrogens with zero attached hydrogens (tertiary/aromatic N) is 3. The highest BCUT2D eigenvalue weighted by Gasteiger charge is 2.40. The summed E-state index contributed by atoms with van der Waals surface area (Å²) in [6.45, 7) is 0. The molecule has 0 saturated carbocycles. The van der Waals surface area contributed by atoms with Crippen molar-refractivity contribution in [3.8, 4) is 0 Å². The summed E-state index contributed by atoms with van der Waals surface area (Å²) in [4.78, 5) is 20.6. The molecular formula is C14H17N5O2. The lowest BCUT2D eigenvalue weighted by molar-refractivity contribution is -0.384. The molecule has 2 unspecified atom stereocenters. The van der Waals surface area contributed by atoms with E-state index in [-0.39, 0.29) is 16.7 Å². The number of nitrogens with one attached hydrogen (secondary N) is 1. The van der Waals surface area contributed by atoms with Crippen molar-refractivity contribution in [2.45, 2.75) is 43.8 Å². The molecule has 2 fully saturated rings. The summed E-state index contributed by atoms with van der Waals surface area (Å²) < 4.78 is 0. The molecule has 0 spiro atoms. The molecule has 21 heavy (non-hydrogen) atoms. The molecule has 0 amide bonds. The standard InChI is InChI=1S/C14H17N5O2/c15-8-5-9-1-2-10(6-8)18(9)14-16-12-4-3-11(19(20)21)7-13(12)17-14/h3-4,7-10H,1-2,5-6,15H2,(H,16,17). The molecule has 1 aromatic carbocycles. The SMILES string of the molecule is NC1CC2CCC(C1)N2c1nc2ccc([N+](=O)[O-])cc2[nH]1. The number of hydrogen-bond acceptors (Lipinski definition) is 5. The van der Waals surface area contributed by atoms with Crippen LogP contribution in [0.3, 0.4) is 0 Å². The number of hydrogen-bond donors (Lipinski definition) is 2. The zero-order valence-corrected chi connectivity index (χ0v) is 11.5. The van der Waals surface area contributed by atoms with Crippen LogP contribution in [0.1, 0.15) is 25.7 Å². The molecular weight excluding hydrogens is 270 g/mol. The third-order valence-electron chi connectivity index (χ3n) is 4.68. The second-order valence-electron chi connectivity index (χ2n) is 6.04. The minimum Gasteiger partial charge on any atom is -0.336 e. The third-order valence-corrected chi connectivity index (χ3v) is 4.68. The highest BCUT2D eigenvalue weighted by molar-refractivity contribution is 5.80. The largest absolute Gasteiger partial charge is 0.336 e. The van der Waals surface area contributed by atoms with E-state index < -0.39 is 0 Å². The van der Waals surface area contributed by atoms with E-state index in [1.165, 1.54) is 6.07 Å². The number of H-pyrrole nitrogens is 1. The van der Waals surface area contributed by atoms with Gasteiger partial charge in [-0.05, 0) is 31.7 Å². The summed E-state index contributed by atoms with van der Waals surface area (Å²) in [5, 5.41) is 10.9. The van der Waals surface area contributed by atoms with E-state index in [1.54, 1.807) is 12.1 Å². The molecule has 2 saturated heterocycles. The Labute approximate surface area is 121 Å². The summed E-state index contributed by atoms with van der Waals surface area (Å²) in [5.41, 5.74) is 7.66. The normalized spacial score (nSPS) is 28.2. The van der Waals surface area contributed by atoms with Crippen LogP contribution in [0, 0.1) is 10.1 Å². The number of benzene rings is 1. The van der Waals surface area contributed by atoms with Crippen LogP contribution >= 0.6 is 0 Å². The van der Waals surface area contributed by atoms with Crippen molar-refractivity contribution in [2.75, 3.05) is 4.90 Å². The summed E-state index contributed by atoms with van der Waals surface area (Å²) in [6.07, 6.45) is 4.28. The number of imidazole rings is 1. The molecule has 3 N–H and O–H groups in total. The molecule has 7 heteroatoms. The van der Waals surface area contributed by atoms with Crippen molar-refractivity contribution in [1.82, 2.24) is 9.97 Å². The molecule has 3 heterocycles. The Morgan fingerprint density at radius 3 is 2.71 bits per heavy atom. The summed E-state index contributed by atoms with van der Waals surface area (Å²) in [7, 11) is 0. The lowest BCUT2D eigenvalue weighted by Gasteiger charge is -2.37. The average Bonchev–Trinajstić information content (AvgIpc) is 2.96. The fraction of sp³-hybridized carbons (Fsp3) is 0.500.